The predicted molar refractivity (Wildman–Crippen MR) is 150 cm³/mol. The highest BCUT2D eigenvalue weighted by molar-refractivity contribution is 14.1. The highest BCUT2D eigenvalue weighted by atomic mass is 127. The number of benzene rings is 3. The number of thioether (sulfide) groups is 1. The van der Waals surface area contributed by atoms with Gasteiger partial charge in [0.05, 0.1) is 27.2 Å². The monoisotopic (exact) mass is 718 g/mol. The zero-order valence-electron chi connectivity index (χ0n) is 17.2. The van der Waals surface area contributed by atoms with Gasteiger partial charge in [0.2, 0.25) is 15.9 Å². The number of halogens is 2. The van der Waals surface area contributed by atoms with Gasteiger partial charge in [-0.25, -0.2) is 18.5 Å². The Morgan fingerprint density at radius 1 is 1.06 bits per heavy atom. The predicted octanol–water partition coefficient (Wildman–Crippen LogP) is 3.97. The lowest BCUT2D eigenvalue weighted by Crippen LogP contribution is -2.23. The van der Waals surface area contributed by atoms with Gasteiger partial charge in [-0.3, -0.25) is 14.2 Å². The topological polar surface area (TPSA) is 124 Å². The van der Waals surface area contributed by atoms with Crippen LogP contribution in [0.4, 0.5) is 5.69 Å². The average Bonchev–Trinajstić information content (AvgIpc) is 2.79. The number of rotatable bonds is 6. The molecule has 0 aliphatic heterocycles. The second-order valence-electron chi connectivity index (χ2n) is 7.06. The number of nitrogens with zero attached hydrogens (tertiary/aromatic N) is 2. The molecule has 0 atom stereocenters. The molecule has 0 saturated carbocycles. The van der Waals surface area contributed by atoms with Crippen molar-refractivity contribution < 1.29 is 13.2 Å². The van der Waals surface area contributed by atoms with Crippen molar-refractivity contribution >= 4 is 89.5 Å². The van der Waals surface area contributed by atoms with Crippen molar-refractivity contribution in [3.05, 3.63) is 84.2 Å². The van der Waals surface area contributed by atoms with Crippen LogP contribution in [0.1, 0.15) is 0 Å². The lowest BCUT2D eigenvalue weighted by atomic mass is 10.2. The van der Waals surface area contributed by atoms with Crippen molar-refractivity contribution in [2.45, 2.75) is 10.1 Å². The maximum atomic E-state index is 13.5. The smallest absolute Gasteiger partial charge is 0.266 e. The molecule has 0 saturated heterocycles. The molecule has 174 valence electrons. The van der Waals surface area contributed by atoms with Crippen molar-refractivity contribution in [1.82, 2.24) is 9.55 Å². The number of anilines is 1. The second-order valence-corrected chi connectivity index (χ2v) is 12.0. The van der Waals surface area contributed by atoms with Gasteiger partial charge in [-0.05, 0) is 93.7 Å². The largest absolute Gasteiger partial charge is 0.325 e. The number of carbonyl (C=O) groups excluding carboxylic acids is 1. The van der Waals surface area contributed by atoms with E-state index in [1.807, 2.05) is 24.3 Å². The number of amides is 1. The van der Waals surface area contributed by atoms with Crippen molar-refractivity contribution in [2.75, 3.05) is 11.1 Å². The van der Waals surface area contributed by atoms with Gasteiger partial charge in [0, 0.05) is 12.8 Å². The Balaban J connectivity index is 1.77. The number of nitrogens with two attached hydrogens (primary N) is 1. The van der Waals surface area contributed by atoms with Crippen molar-refractivity contribution in [2.24, 2.45) is 5.14 Å². The standard InChI is InChI=1S/C22H16I2N4O4S2/c23-13-10-17-20(18(24)11-13)27-22(33-12-19(29)26-14-4-2-1-3-5-14)28(21(17)30)15-6-8-16(9-7-15)34(25,31)32/h1-11H,12H2,(H,26,29)(H2,25,31,32). The molecule has 1 amide bonds. The van der Waals surface area contributed by atoms with E-state index in [-0.39, 0.29) is 22.1 Å². The summed E-state index contributed by atoms with van der Waals surface area (Å²) in [6.07, 6.45) is 0. The molecule has 0 fully saturated rings. The number of primary sulfonamides is 1. The maximum absolute atomic E-state index is 13.5. The SMILES string of the molecule is NS(=O)(=O)c1ccc(-n2c(SCC(=O)Nc3ccccc3)nc3c(I)cc(I)cc3c2=O)cc1. The summed E-state index contributed by atoms with van der Waals surface area (Å²) in [5, 5.41) is 8.74. The summed E-state index contributed by atoms with van der Waals surface area (Å²) in [4.78, 5) is 30.7. The molecular weight excluding hydrogens is 702 g/mol. The number of hydrogen-bond donors (Lipinski definition) is 2. The first-order valence-corrected chi connectivity index (χ1v) is 14.3. The molecule has 0 radical (unpaired) electrons. The number of sulfonamides is 1. The Labute approximate surface area is 226 Å². The van der Waals surface area contributed by atoms with Crippen LogP contribution in [0.25, 0.3) is 16.6 Å². The zero-order valence-corrected chi connectivity index (χ0v) is 23.2. The van der Waals surface area contributed by atoms with E-state index in [2.05, 4.69) is 50.5 Å². The van der Waals surface area contributed by atoms with Crippen LogP contribution in [0.5, 0.6) is 0 Å². The van der Waals surface area contributed by atoms with Crippen LogP contribution in [0.15, 0.2) is 81.6 Å². The first-order chi connectivity index (χ1) is 16.1. The number of aromatic nitrogens is 2. The van der Waals surface area contributed by atoms with Crippen LogP contribution >= 0.6 is 56.9 Å². The Morgan fingerprint density at radius 2 is 1.74 bits per heavy atom. The van der Waals surface area contributed by atoms with Gasteiger partial charge >= 0.3 is 0 Å². The van der Waals surface area contributed by atoms with Gasteiger partial charge in [0.25, 0.3) is 5.56 Å². The van der Waals surface area contributed by atoms with Crippen LogP contribution in [-0.4, -0.2) is 29.6 Å². The summed E-state index contributed by atoms with van der Waals surface area (Å²) in [5.74, 6) is -0.234. The van der Waals surface area contributed by atoms with E-state index in [9.17, 15) is 18.0 Å². The van der Waals surface area contributed by atoms with Crippen LogP contribution in [0, 0.1) is 7.14 Å². The molecule has 8 nitrogen and oxygen atoms in total. The lowest BCUT2D eigenvalue weighted by Gasteiger charge is -2.14. The average molecular weight is 718 g/mol. The van der Waals surface area contributed by atoms with E-state index in [0.717, 1.165) is 18.9 Å². The Kier molecular flexibility index (Phi) is 7.61. The molecule has 0 bridgehead atoms. The molecule has 3 aromatic carbocycles. The third-order valence-corrected chi connectivity index (χ3v) is 7.99. The Morgan fingerprint density at radius 3 is 2.38 bits per heavy atom. The summed E-state index contributed by atoms with van der Waals surface area (Å²) in [6.45, 7) is 0. The molecule has 12 heteroatoms. The Hall–Kier alpha value is -2.01. The molecule has 0 spiro atoms. The second kappa shape index (κ2) is 10.3. The fourth-order valence-corrected chi connectivity index (χ4v) is 6.44. The van der Waals surface area contributed by atoms with Crippen LogP contribution in [0.3, 0.4) is 0 Å². The van der Waals surface area contributed by atoms with Gasteiger partial charge in [-0.2, -0.15) is 0 Å². The Bertz CT molecular complexity index is 1560. The quantitative estimate of drug-likeness (QED) is 0.177. The summed E-state index contributed by atoms with van der Waals surface area (Å²) in [5.41, 5.74) is 1.29. The van der Waals surface area contributed by atoms with E-state index < -0.39 is 10.0 Å². The van der Waals surface area contributed by atoms with Crippen molar-refractivity contribution in [3.8, 4) is 5.69 Å². The molecule has 0 aliphatic rings. The molecule has 4 rings (SSSR count). The highest BCUT2D eigenvalue weighted by Crippen LogP contribution is 2.26. The molecule has 34 heavy (non-hydrogen) atoms. The number of hydrogen-bond acceptors (Lipinski definition) is 6. The normalized spacial score (nSPS) is 11.5. The number of fused-ring (bicyclic) bond motifs is 1. The van der Waals surface area contributed by atoms with Gasteiger partial charge in [0.1, 0.15) is 0 Å². The molecule has 1 heterocycles. The van der Waals surface area contributed by atoms with Crippen LogP contribution in [-0.2, 0) is 14.8 Å². The van der Waals surface area contributed by atoms with E-state index >= 15 is 0 Å². The lowest BCUT2D eigenvalue weighted by molar-refractivity contribution is -0.113. The minimum atomic E-state index is -3.88. The minimum Gasteiger partial charge on any atom is -0.325 e. The zero-order chi connectivity index (χ0) is 24.5. The van der Waals surface area contributed by atoms with Gasteiger partial charge in [-0.15, -0.1) is 0 Å². The molecule has 1 aromatic heterocycles. The van der Waals surface area contributed by atoms with E-state index in [1.165, 1.54) is 28.8 Å². The van der Waals surface area contributed by atoms with Crippen LogP contribution < -0.4 is 16.0 Å². The summed E-state index contributed by atoms with van der Waals surface area (Å²) in [6, 6.07) is 18.4. The van der Waals surface area contributed by atoms with Crippen molar-refractivity contribution in [3.63, 3.8) is 0 Å². The maximum Gasteiger partial charge on any atom is 0.266 e. The summed E-state index contributed by atoms with van der Waals surface area (Å²) in [7, 11) is -3.88. The third-order valence-electron chi connectivity index (χ3n) is 4.67. The fourth-order valence-electron chi connectivity index (χ4n) is 3.15. The fraction of sp³-hybridized carbons (Fsp3) is 0.0455. The molecule has 3 N–H and O–H groups in total. The number of nitrogens with one attached hydrogen (secondary N) is 1. The summed E-state index contributed by atoms with van der Waals surface area (Å²) >= 11 is 5.38. The van der Waals surface area contributed by atoms with E-state index in [4.69, 9.17) is 10.1 Å². The van der Waals surface area contributed by atoms with Crippen molar-refractivity contribution in [1.29, 1.82) is 0 Å². The van der Waals surface area contributed by atoms with E-state index in [0.29, 0.717) is 27.4 Å². The summed E-state index contributed by atoms with van der Waals surface area (Å²) < 4.78 is 26.3. The van der Waals surface area contributed by atoms with Gasteiger partial charge in [-0.1, -0.05) is 30.0 Å². The van der Waals surface area contributed by atoms with Crippen LogP contribution in [0.2, 0.25) is 0 Å². The molecule has 4 aromatic rings. The molecule has 0 unspecified atom stereocenters. The number of para-hydroxylation sites is 1. The minimum absolute atomic E-state index is 0.0169. The number of carbonyl (C=O) groups is 1. The van der Waals surface area contributed by atoms with Gasteiger partial charge in [0.15, 0.2) is 5.16 Å². The first kappa shape index (κ1) is 25.1. The first-order valence-electron chi connectivity index (χ1n) is 9.66. The van der Waals surface area contributed by atoms with Gasteiger partial charge < -0.3 is 5.32 Å². The van der Waals surface area contributed by atoms with E-state index in [1.54, 1.807) is 18.2 Å². The molecular formula is C22H16I2N4O4S2. The highest BCUT2D eigenvalue weighted by Gasteiger charge is 2.18. The molecule has 0 aliphatic carbocycles. The third kappa shape index (κ3) is 5.62.